The van der Waals surface area contributed by atoms with Crippen molar-refractivity contribution in [3.05, 3.63) is 28.8 Å². The topological polar surface area (TPSA) is 76.7 Å². The van der Waals surface area contributed by atoms with Gasteiger partial charge in [-0.15, -0.1) is 0 Å². The summed E-state index contributed by atoms with van der Waals surface area (Å²) in [7, 11) is 1.50. The zero-order valence-electron chi connectivity index (χ0n) is 9.89. The molecule has 0 atom stereocenters. The summed E-state index contributed by atoms with van der Waals surface area (Å²) in [4.78, 5) is 19.7. The van der Waals surface area contributed by atoms with Crippen molar-refractivity contribution < 1.29 is 14.6 Å². The molecule has 0 saturated heterocycles. The largest absolute Gasteiger partial charge is 0.477 e. The van der Waals surface area contributed by atoms with E-state index >= 15 is 0 Å². The second-order valence-corrected chi connectivity index (χ2v) is 3.82. The fourth-order valence-corrected chi connectivity index (χ4v) is 1.88. The first kappa shape index (κ1) is 11.5. The van der Waals surface area contributed by atoms with Crippen molar-refractivity contribution in [3.8, 4) is 0 Å². The van der Waals surface area contributed by atoms with Gasteiger partial charge in [0.15, 0.2) is 5.69 Å². The van der Waals surface area contributed by atoms with Gasteiger partial charge in [0.2, 0.25) is 5.78 Å². The lowest BCUT2D eigenvalue weighted by atomic mass is 10.3. The van der Waals surface area contributed by atoms with Gasteiger partial charge in [0, 0.05) is 18.5 Å². The van der Waals surface area contributed by atoms with Crippen LogP contribution in [0.3, 0.4) is 0 Å². The molecule has 0 aliphatic heterocycles. The smallest absolute Gasteiger partial charge is 0.354 e. The highest BCUT2D eigenvalue weighted by Crippen LogP contribution is 2.15. The van der Waals surface area contributed by atoms with E-state index < -0.39 is 5.97 Å². The van der Waals surface area contributed by atoms with Gasteiger partial charge in [-0.3, -0.25) is 4.40 Å². The third kappa shape index (κ3) is 1.87. The monoisotopic (exact) mass is 235 g/mol. The van der Waals surface area contributed by atoms with Gasteiger partial charge >= 0.3 is 5.97 Å². The zero-order chi connectivity index (χ0) is 12.6. The maximum atomic E-state index is 11.3. The van der Waals surface area contributed by atoms with Crippen molar-refractivity contribution in [2.75, 3.05) is 7.11 Å². The predicted octanol–water partition coefficient (Wildman–Crippen LogP) is 1.19. The molecule has 0 amide bonds. The summed E-state index contributed by atoms with van der Waals surface area (Å²) in [5.74, 6) is -0.634. The molecule has 2 aromatic rings. The number of aromatic nitrogens is 3. The highest BCUT2D eigenvalue weighted by Gasteiger charge is 2.20. The van der Waals surface area contributed by atoms with Crippen LogP contribution in [0, 0.1) is 13.8 Å². The number of methoxy groups -OCH3 is 1. The third-order valence-electron chi connectivity index (χ3n) is 2.46. The maximum absolute atomic E-state index is 11.3. The first-order chi connectivity index (χ1) is 8.04. The average molecular weight is 235 g/mol. The van der Waals surface area contributed by atoms with E-state index in [1.165, 1.54) is 11.5 Å². The number of carboxylic acid groups (broad SMARTS) is 1. The lowest BCUT2D eigenvalue weighted by Crippen LogP contribution is -2.08. The Bertz CT molecular complexity index is 589. The third-order valence-corrected chi connectivity index (χ3v) is 2.46. The maximum Gasteiger partial charge on any atom is 0.354 e. The minimum atomic E-state index is -1.03. The lowest BCUT2D eigenvalue weighted by molar-refractivity contribution is 0.0683. The van der Waals surface area contributed by atoms with Crippen molar-refractivity contribution in [2.24, 2.45) is 0 Å². The molecular weight excluding hydrogens is 222 g/mol. The first-order valence-corrected chi connectivity index (χ1v) is 5.12. The molecule has 2 aromatic heterocycles. The van der Waals surface area contributed by atoms with Crippen LogP contribution in [0.25, 0.3) is 5.78 Å². The van der Waals surface area contributed by atoms with Gasteiger partial charge in [0.05, 0.1) is 6.61 Å². The first-order valence-electron chi connectivity index (χ1n) is 5.12. The molecule has 0 aliphatic rings. The molecule has 0 unspecified atom stereocenters. The van der Waals surface area contributed by atoms with Crippen molar-refractivity contribution in [1.29, 1.82) is 0 Å². The number of fused-ring (bicyclic) bond motifs is 1. The van der Waals surface area contributed by atoms with Crippen LogP contribution in [0.4, 0.5) is 0 Å². The highest BCUT2D eigenvalue weighted by molar-refractivity contribution is 5.88. The summed E-state index contributed by atoms with van der Waals surface area (Å²) in [6.45, 7) is 3.83. The van der Waals surface area contributed by atoms with Crippen LogP contribution in [-0.2, 0) is 11.3 Å². The van der Waals surface area contributed by atoms with E-state index in [1.54, 1.807) is 0 Å². The second-order valence-electron chi connectivity index (χ2n) is 3.82. The Kier molecular flexibility index (Phi) is 2.81. The molecule has 1 N–H and O–H groups in total. The van der Waals surface area contributed by atoms with Crippen LogP contribution in [0.2, 0.25) is 0 Å². The summed E-state index contributed by atoms with van der Waals surface area (Å²) in [5, 5.41) is 9.23. The molecule has 17 heavy (non-hydrogen) atoms. The average Bonchev–Trinajstić information content (AvgIpc) is 2.56. The molecule has 0 spiro atoms. The van der Waals surface area contributed by atoms with Crippen LogP contribution in [0.5, 0.6) is 0 Å². The van der Waals surface area contributed by atoms with E-state index in [0.29, 0.717) is 11.5 Å². The van der Waals surface area contributed by atoms with Crippen LogP contribution in [0.1, 0.15) is 27.6 Å². The minimum absolute atomic E-state index is 0.117. The van der Waals surface area contributed by atoms with Crippen molar-refractivity contribution >= 4 is 11.7 Å². The Morgan fingerprint density at radius 1 is 1.47 bits per heavy atom. The molecule has 0 aromatic carbocycles. The Morgan fingerprint density at radius 2 is 2.18 bits per heavy atom. The number of hydrogen-bond donors (Lipinski definition) is 1. The van der Waals surface area contributed by atoms with Gasteiger partial charge < -0.3 is 9.84 Å². The molecule has 6 heteroatoms. The van der Waals surface area contributed by atoms with Crippen LogP contribution in [0.15, 0.2) is 6.07 Å². The van der Waals surface area contributed by atoms with Crippen LogP contribution in [-0.4, -0.2) is 32.6 Å². The van der Waals surface area contributed by atoms with Gasteiger partial charge in [0.25, 0.3) is 0 Å². The van der Waals surface area contributed by atoms with Gasteiger partial charge in [0.1, 0.15) is 5.69 Å². The van der Waals surface area contributed by atoms with E-state index in [-0.39, 0.29) is 12.3 Å². The fourth-order valence-electron chi connectivity index (χ4n) is 1.88. The summed E-state index contributed by atoms with van der Waals surface area (Å²) >= 11 is 0. The number of hydrogen-bond acceptors (Lipinski definition) is 4. The number of nitrogens with zero attached hydrogens (tertiary/aromatic N) is 3. The SMILES string of the molecule is COCc1nc2nc(C)cc(C)n2c1C(=O)O. The quantitative estimate of drug-likeness (QED) is 0.864. The Hall–Kier alpha value is -1.95. The highest BCUT2D eigenvalue weighted by atomic mass is 16.5. The van der Waals surface area contributed by atoms with E-state index in [1.807, 2.05) is 19.9 Å². The van der Waals surface area contributed by atoms with Gasteiger partial charge in [-0.05, 0) is 19.9 Å². The number of aryl methyl sites for hydroxylation is 2. The molecule has 0 bridgehead atoms. The number of ether oxygens (including phenoxy) is 1. The number of carboxylic acids is 1. The zero-order valence-corrected chi connectivity index (χ0v) is 9.89. The summed E-state index contributed by atoms with van der Waals surface area (Å²) in [5.41, 5.74) is 2.11. The Balaban J connectivity index is 2.80. The second kappa shape index (κ2) is 4.14. The Labute approximate surface area is 97.9 Å². The minimum Gasteiger partial charge on any atom is -0.477 e. The van der Waals surface area contributed by atoms with Gasteiger partial charge in [-0.2, -0.15) is 0 Å². The van der Waals surface area contributed by atoms with E-state index in [9.17, 15) is 9.90 Å². The van der Waals surface area contributed by atoms with E-state index in [4.69, 9.17) is 4.74 Å². The number of carbonyl (C=O) groups is 1. The summed E-state index contributed by atoms with van der Waals surface area (Å²) in [6, 6.07) is 1.82. The van der Waals surface area contributed by atoms with Gasteiger partial charge in [-0.25, -0.2) is 14.8 Å². The lowest BCUT2D eigenvalue weighted by Gasteiger charge is -2.03. The number of aromatic carboxylic acids is 1. The van der Waals surface area contributed by atoms with E-state index in [2.05, 4.69) is 9.97 Å². The molecular formula is C11H13N3O3. The molecule has 2 heterocycles. The van der Waals surface area contributed by atoms with Crippen molar-refractivity contribution in [2.45, 2.75) is 20.5 Å². The van der Waals surface area contributed by atoms with E-state index in [0.717, 1.165) is 11.4 Å². The standard InChI is InChI=1S/C11H13N3O3/c1-6-4-7(2)14-9(10(15)16)8(5-17-3)13-11(14)12-6/h4H,5H2,1-3H3,(H,15,16). The van der Waals surface area contributed by atoms with Gasteiger partial charge in [-0.1, -0.05) is 0 Å². The molecule has 0 saturated carbocycles. The van der Waals surface area contributed by atoms with Crippen LogP contribution >= 0.6 is 0 Å². The summed E-state index contributed by atoms with van der Waals surface area (Å²) in [6.07, 6.45) is 0. The molecule has 2 rings (SSSR count). The molecule has 6 nitrogen and oxygen atoms in total. The molecule has 0 radical (unpaired) electrons. The molecule has 0 aliphatic carbocycles. The number of rotatable bonds is 3. The normalized spacial score (nSPS) is 11.0. The fraction of sp³-hybridized carbons (Fsp3) is 0.364. The van der Waals surface area contributed by atoms with Crippen molar-refractivity contribution in [3.63, 3.8) is 0 Å². The summed E-state index contributed by atoms with van der Waals surface area (Å²) < 4.78 is 6.48. The van der Waals surface area contributed by atoms with Crippen molar-refractivity contribution in [1.82, 2.24) is 14.4 Å². The Morgan fingerprint density at radius 3 is 2.76 bits per heavy atom. The number of imidazole rings is 1. The van der Waals surface area contributed by atoms with Crippen LogP contribution < -0.4 is 0 Å². The molecule has 90 valence electrons. The molecule has 0 fully saturated rings. The predicted molar refractivity (Wildman–Crippen MR) is 60.1 cm³/mol.